The van der Waals surface area contributed by atoms with Crippen molar-refractivity contribution >= 4 is 11.6 Å². The average Bonchev–Trinajstić information content (AvgIpc) is 2.62. The van der Waals surface area contributed by atoms with E-state index < -0.39 is 34.5 Å². The van der Waals surface area contributed by atoms with Crippen LogP contribution in [0.1, 0.15) is 11.1 Å². The molecule has 1 atom stereocenters. The number of benzene rings is 2. The zero-order valence-corrected chi connectivity index (χ0v) is 9.95. The molecular weight excluding hydrogens is 271 g/mol. The summed E-state index contributed by atoms with van der Waals surface area (Å²) in [6, 6.07) is 6.40. The number of hydrogen-bond donors (Lipinski definition) is 2. The second kappa shape index (κ2) is 4.08. The van der Waals surface area contributed by atoms with E-state index in [2.05, 4.69) is 5.32 Å². The molecule has 1 unspecified atom stereocenters. The maximum Gasteiger partial charge on any atom is 0.266 e. The van der Waals surface area contributed by atoms with Crippen LogP contribution in [0.5, 0.6) is 0 Å². The zero-order valence-electron chi connectivity index (χ0n) is 9.95. The Kier molecular flexibility index (Phi) is 2.58. The number of anilines is 1. The lowest BCUT2D eigenvalue weighted by atomic mass is 9.87. The van der Waals surface area contributed by atoms with Gasteiger partial charge in [0.2, 0.25) is 5.60 Å². The van der Waals surface area contributed by atoms with Crippen LogP contribution in [-0.2, 0) is 10.4 Å². The number of hydrogen-bond acceptors (Lipinski definition) is 2. The molecule has 1 amide bonds. The third-order valence-electron chi connectivity index (χ3n) is 3.26. The number of nitrogens with one attached hydrogen (secondary N) is 1. The highest BCUT2D eigenvalue weighted by Crippen LogP contribution is 2.43. The Morgan fingerprint density at radius 3 is 2.45 bits per heavy atom. The first-order valence-electron chi connectivity index (χ1n) is 5.73. The molecule has 1 aliphatic heterocycles. The summed E-state index contributed by atoms with van der Waals surface area (Å²) in [6.45, 7) is 0. The standard InChI is InChI=1S/C14H8F3NO2/c15-7-5-10(17)12-11(6-7)18-13(19)14(12,20)8-3-1-2-4-9(8)16/h1-6,20H,(H,18,19). The van der Waals surface area contributed by atoms with E-state index in [4.69, 9.17) is 0 Å². The highest BCUT2D eigenvalue weighted by Gasteiger charge is 2.50. The summed E-state index contributed by atoms with van der Waals surface area (Å²) < 4.78 is 40.9. The maximum atomic E-state index is 13.9. The molecule has 0 spiro atoms. The van der Waals surface area contributed by atoms with Crippen molar-refractivity contribution in [2.45, 2.75) is 5.60 Å². The van der Waals surface area contributed by atoms with Gasteiger partial charge in [-0.15, -0.1) is 0 Å². The second-order valence-corrected chi connectivity index (χ2v) is 4.45. The highest BCUT2D eigenvalue weighted by atomic mass is 19.1. The van der Waals surface area contributed by atoms with Gasteiger partial charge in [0.25, 0.3) is 5.91 Å². The Morgan fingerprint density at radius 2 is 1.75 bits per heavy atom. The van der Waals surface area contributed by atoms with Gasteiger partial charge in [0.05, 0.1) is 11.3 Å². The highest BCUT2D eigenvalue weighted by molar-refractivity contribution is 6.07. The van der Waals surface area contributed by atoms with Gasteiger partial charge in [-0.25, -0.2) is 13.2 Å². The summed E-state index contributed by atoms with van der Waals surface area (Å²) in [5, 5.41) is 12.7. The minimum absolute atomic E-state index is 0.210. The molecule has 102 valence electrons. The van der Waals surface area contributed by atoms with Crippen molar-refractivity contribution in [2.75, 3.05) is 5.32 Å². The van der Waals surface area contributed by atoms with Crippen LogP contribution in [0.3, 0.4) is 0 Å². The maximum absolute atomic E-state index is 13.9. The van der Waals surface area contributed by atoms with Crippen LogP contribution < -0.4 is 5.32 Å². The number of carbonyl (C=O) groups is 1. The van der Waals surface area contributed by atoms with Gasteiger partial charge in [0, 0.05) is 11.6 Å². The Labute approximate surface area is 111 Å². The molecule has 3 rings (SSSR count). The first-order valence-corrected chi connectivity index (χ1v) is 5.73. The molecule has 0 radical (unpaired) electrons. The van der Waals surface area contributed by atoms with E-state index >= 15 is 0 Å². The van der Waals surface area contributed by atoms with Crippen LogP contribution in [0, 0.1) is 17.5 Å². The number of carbonyl (C=O) groups excluding carboxylic acids is 1. The molecule has 0 saturated carbocycles. The van der Waals surface area contributed by atoms with Gasteiger partial charge in [-0.3, -0.25) is 4.79 Å². The minimum Gasteiger partial charge on any atom is -0.371 e. The van der Waals surface area contributed by atoms with Crippen molar-refractivity contribution < 1.29 is 23.1 Å². The third kappa shape index (κ3) is 1.55. The normalized spacial score (nSPS) is 20.7. The van der Waals surface area contributed by atoms with Crippen LogP contribution in [-0.4, -0.2) is 11.0 Å². The molecule has 0 aliphatic carbocycles. The van der Waals surface area contributed by atoms with Gasteiger partial charge in [0.1, 0.15) is 17.5 Å². The Morgan fingerprint density at radius 1 is 1.05 bits per heavy atom. The van der Waals surface area contributed by atoms with Crippen molar-refractivity contribution in [3.8, 4) is 0 Å². The molecule has 2 N–H and O–H groups in total. The molecule has 0 bridgehead atoms. The predicted molar refractivity (Wildman–Crippen MR) is 64.4 cm³/mol. The molecule has 20 heavy (non-hydrogen) atoms. The van der Waals surface area contributed by atoms with E-state index in [0.29, 0.717) is 6.07 Å². The molecule has 6 heteroatoms. The fourth-order valence-electron chi connectivity index (χ4n) is 2.38. The van der Waals surface area contributed by atoms with Crippen molar-refractivity contribution in [1.82, 2.24) is 0 Å². The summed E-state index contributed by atoms with van der Waals surface area (Å²) in [5.41, 5.74) is -3.59. The van der Waals surface area contributed by atoms with Crippen LogP contribution in [0.4, 0.5) is 18.9 Å². The third-order valence-corrected chi connectivity index (χ3v) is 3.26. The van der Waals surface area contributed by atoms with Crippen LogP contribution in [0.2, 0.25) is 0 Å². The molecule has 1 aliphatic rings. The van der Waals surface area contributed by atoms with E-state index in [1.54, 1.807) is 0 Å². The SMILES string of the molecule is O=C1Nc2cc(F)cc(F)c2C1(O)c1ccccc1F. The molecule has 2 aromatic rings. The fraction of sp³-hybridized carbons (Fsp3) is 0.0714. The summed E-state index contributed by atoms with van der Waals surface area (Å²) in [5.74, 6) is -3.91. The van der Waals surface area contributed by atoms with E-state index in [0.717, 1.165) is 12.1 Å². The summed E-state index contributed by atoms with van der Waals surface area (Å²) in [6.07, 6.45) is 0. The zero-order chi connectivity index (χ0) is 14.5. The lowest BCUT2D eigenvalue weighted by Gasteiger charge is -2.22. The van der Waals surface area contributed by atoms with Gasteiger partial charge < -0.3 is 10.4 Å². The second-order valence-electron chi connectivity index (χ2n) is 4.45. The Hall–Kier alpha value is -2.34. The fourth-order valence-corrected chi connectivity index (χ4v) is 2.38. The molecule has 0 aromatic heterocycles. The van der Waals surface area contributed by atoms with Gasteiger partial charge >= 0.3 is 0 Å². The van der Waals surface area contributed by atoms with Gasteiger partial charge in [-0.05, 0) is 12.1 Å². The van der Waals surface area contributed by atoms with E-state index in [-0.39, 0.29) is 11.3 Å². The molecule has 3 nitrogen and oxygen atoms in total. The quantitative estimate of drug-likeness (QED) is 0.841. The molecular formula is C14H8F3NO2. The number of rotatable bonds is 1. The number of fused-ring (bicyclic) bond motifs is 1. The van der Waals surface area contributed by atoms with Gasteiger partial charge in [0.15, 0.2) is 0 Å². The van der Waals surface area contributed by atoms with Gasteiger partial charge in [-0.1, -0.05) is 18.2 Å². The van der Waals surface area contributed by atoms with E-state index in [1.807, 2.05) is 0 Å². The smallest absolute Gasteiger partial charge is 0.266 e. The van der Waals surface area contributed by atoms with Crippen LogP contribution in [0.25, 0.3) is 0 Å². The van der Waals surface area contributed by atoms with E-state index in [1.165, 1.54) is 18.2 Å². The summed E-state index contributed by atoms with van der Waals surface area (Å²) in [4.78, 5) is 12.0. The van der Waals surface area contributed by atoms with E-state index in [9.17, 15) is 23.1 Å². The predicted octanol–water partition coefficient (Wildman–Crippen LogP) is 2.29. The monoisotopic (exact) mass is 279 g/mol. The van der Waals surface area contributed by atoms with Gasteiger partial charge in [-0.2, -0.15) is 0 Å². The number of amides is 1. The Balaban J connectivity index is 2.32. The van der Waals surface area contributed by atoms with Crippen molar-refractivity contribution in [1.29, 1.82) is 0 Å². The van der Waals surface area contributed by atoms with Crippen LogP contribution >= 0.6 is 0 Å². The molecule has 2 aromatic carbocycles. The first kappa shape index (κ1) is 12.7. The topological polar surface area (TPSA) is 49.3 Å². The lowest BCUT2D eigenvalue weighted by Crippen LogP contribution is -2.36. The molecule has 0 fully saturated rings. The lowest BCUT2D eigenvalue weighted by molar-refractivity contribution is -0.130. The molecule has 1 heterocycles. The summed E-state index contributed by atoms with van der Waals surface area (Å²) in [7, 11) is 0. The summed E-state index contributed by atoms with van der Waals surface area (Å²) >= 11 is 0. The minimum atomic E-state index is -2.52. The largest absolute Gasteiger partial charge is 0.371 e. The van der Waals surface area contributed by atoms with Crippen molar-refractivity contribution in [3.63, 3.8) is 0 Å². The van der Waals surface area contributed by atoms with Crippen molar-refractivity contribution in [2.24, 2.45) is 0 Å². The first-order chi connectivity index (χ1) is 9.44. The number of halogens is 3. The van der Waals surface area contributed by atoms with Crippen molar-refractivity contribution in [3.05, 3.63) is 65.0 Å². The number of aliphatic hydroxyl groups is 1. The Bertz CT molecular complexity index is 732. The average molecular weight is 279 g/mol. The molecule has 0 saturated heterocycles. The van der Waals surface area contributed by atoms with Crippen LogP contribution in [0.15, 0.2) is 36.4 Å².